The van der Waals surface area contributed by atoms with Crippen molar-refractivity contribution in [3.63, 3.8) is 0 Å². The minimum atomic E-state index is -0.558. The van der Waals surface area contributed by atoms with E-state index in [0.29, 0.717) is 11.1 Å². The Balaban J connectivity index is 2.21. The van der Waals surface area contributed by atoms with Crippen molar-refractivity contribution >= 4 is 11.8 Å². The molecule has 0 saturated carbocycles. The maximum atomic E-state index is 12.6. The Hall–Kier alpha value is -3.65. The van der Waals surface area contributed by atoms with E-state index in [1.54, 1.807) is 14.0 Å². The Labute approximate surface area is 170 Å². The molecule has 146 valence electrons. The SMILES string of the molecule is CCOC(=O)c1c(-c2ccc(-c3ccccc3C)cc2)c(C#N)c(C(C)=O)n1C. The minimum absolute atomic E-state index is 0.187. The lowest BCUT2D eigenvalue weighted by atomic mass is 9.95. The molecular weight excluding hydrogens is 364 g/mol. The van der Waals surface area contributed by atoms with Gasteiger partial charge in [0.25, 0.3) is 0 Å². The second kappa shape index (κ2) is 8.15. The highest BCUT2D eigenvalue weighted by Gasteiger charge is 2.29. The van der Waals surface area contributed by atoms with E-state index in [9.17, 15) is 14.9 Å². The normalized spacial score (nSPS) is 10.4. The fourth-order valence-electron chi connectivity index (χ4n) is 3.64. The Morgan fingerprint density at radius 2 is 1.66 bits per heavy atom. The molecular formula is C24H22N2O3. The van der Waals surface area contributed by atoms with Gasteiger partial charge in [0, 0.05) is 19.5 Å². The van der Waals surface area contributed by atoms with Crippen molar-refractivity contribution in [2.75, 3.05) is 6.61 Å². The van der Waals surface area contributed by atoms with Gasteiger partial charge in [-0.1, -0.05) is 48.5 Å². The molecule has 0 aliphatic rings. The van der Waals surface area contributed by atoms with E-state index in [2.05, 4.69) is 6.07 Å². The number of nitrogens with zero attached hydrogens (tertiary/aromatic N) is 2. The van der Waals surface area contributed by atoms with Crippen molar-refractivity contribution in [2.45, 2.75) is 20.8 Å². The Morgan fingerprint density at radius 1 is 1.03 bits per heavy atom. The van der Waals surface area contributed by atoms with Crippen LogP contribution in [-0.4, -0.2) is 22.9 Å². The van der Waals surface area contributed by atoms with Gasteiger partial charge in [0.15, 0.2) is 5.78 Å². The summed E-state index contributed by atoms with van der Waals surface area (Å²) in [4.78, 5) is 24.8. The van der Waals surface area contributed by atoms with E-state index >= 15 is 0 Å². The van der Waals surface area contributed by atoms with Gasteiger partial charge in [0.1, 0.15) is 17.5 Å². The van der Waals surface area contributed by atoms with Crippen LogP contribution >= 0.6 is 0 Å². The van der Waals surface area contributed by atoms with Gasteiger partial charge in [-0.2, -0.15) is 5.26 Å². The van der Waals surface area contributed by atoms with Crippen LogP contribution in [0, 0.1) is 18.3 Å². The van der Waals surface area contributed by atoms with Crippen molar-refractivity contribution in [1.82, 2.24) is 4.57 Å². The summed E-state index contributed by atoms with van der Waals surface area (Å²) in [7, 11) is 1.61. The third-order valence-electron chi connectivity index (χ3n) is 4.94. The molecule has 0 N–H and O–H groups in total. The molecule has 1 aromatic heterocycles. The Bertz CT molecular complexity index is 1130. The predicted octanol–water partition coefficient (Wildman–Crippen LogP) is 4.92. The number of benzene rings is 2. The fraction of sp³-hybridized carbons (Fsp3) is 0.208. The number of Topliss-reactive ketones (excluding diaryl/α,β-unsaturated/α-hetero) is 1. The predicted molar refractivity (Wildman–Crippen MR) is 112 cm³/mol. The Morgan fingerprint density at radius 3 is 2.21 bits per heavy atom. The number of ketones is 1. The summed E-state index contributed by atoms with van der Waals surface area (Å²) in [5, 5.41) is 9.76. The molecule has 29 heavy (non-hydrogen) atoms. The molecule has 3 rings (SSSR count). The molecule has 0 aliphatic carbocycles. The number of rotatable bonds is 5. The van der Waals surface area contributed by atoms with E-state index in [-0.39, 0.29) is 29.3 Å². The smallest absolute Gasteiger partial charge is 0.355 e. The maximum absolute atomic E-state index is 12.6. The first kappa shape index (κ1) is 20.1. The standard InChI is InChI=1S/C24H22N2O3/c1-5-29-24(28)23-21(20(14-25)22(16(3)27)26(23)4)18-12-10-17(11-13-18)19-9-7-6-8-15(19)2/h6-13H,5H2,1-4H3. The molecule has 2 aromatic carbocycles. The monoisotopic (exact) mass is 386 g/mol. The van der Waals surface area contributed by atoms with Crippen molar-refractivity contribution in [1.29, 1.82) is 5.26 Å². The van der Waals surface area contributed by atoms with Crippen LogP contribution in [0.2, 0.25) is 0 Å². The largest absolute Gasteiger partial charge is 0.461 e. The van der Waals surface area contributed by atoms with E-state index in [4.69, 9.17) is 4.74 Å². The average Bonchev–Trinajstić information content (AvgIpc) is 3.01. The van der Waals surface area contributed by atoms with Gasteiger partial charge in [-0.25, -0.2) is 4.79 Å². The van der Waals surface area contributed by atoms with Crippen molar-refractivity contribution < 1.29 is 14.3 Å². The zero-order valence-electron chi connectivity index (χ0n) is 16.9. The summed E-state index contributed by atoms with van der Waals surface area (Å²) in [5.74, 6) is -0.839. The van der Waals surface area contributed by atoms with Crippen LogP contribution in [-0.2, 0) is 11.8 Å². The topological polar surface area (TPSA) is 72.1 Å². The highest BCUT2D eigenvalue weighted by atomic mass is 16.5. The van der Waals surface area contributed by atoms with Crippen molar-refractivity contribution in [3.8, 4) is 28.3 Å². The van der Waals surface area contributed by atoms with Gasteiger partial charge in [0.2, 0.25) is 0 Å². The van der Waals surface area contributed by atoms with Crippen LogP contribution < -0.4 is 0 Å². The third kappa shape index (κ3) is 3.57. The summed E-state index contributed by atoms with van der Waals surface area (Å²) < 4.78 is 6.65. The van der Waals surface area contributed by atoms with Gasteiger partial charge >= 0.3 is 5.97 Å². The van der Waals surface area contributed by atoms with Crippen molar-refractivity contribution in [3.05, 3.63) is 71.0 Å². The third-order valence-corrected chi connectivity index (χ3v) is 4.94. The van der Waals surface area contributed by atoms with Gasteiger partial charge in [0.05, 0.1) is 12.2 Å². The summed E-state index contributed by atoms with van der Waals surface area (Å²) in [5.41, 5.74) is 5.01. The molecule has 5 heteroatoms. The number of hydrogen-bond acceptors (Lipinski definition) is 4. The van der Waals surface area contributed by atoms with E-state index in [0.717, 1.165) is 16.7 Å². The van der Waals surface area contributed by atoms with Gasteiger partial charge in [-0.3, -0.25) is 4.79 Å². The molecule has 0 bridgehead atoms. The second-order valence-electron chi connectivity index (χ2n) is 6.79. The summed E-state index contributed by atoms with van der Waals surface area (Å²) in [6, 6.07) is 17.8. The highest BCUT2D eigenvalue weighted by molar-refractivity contribution is 6.05. The first-order valence-electron chi connectivity index (χ1n) is 9.37. The molecule has 0 fully saturated rings. The quantitative estimate of drug-likeness (QED) is 0.461. The highest BCUT2D eigenvalue weighted by Crippen LogP contribution is 2.34. The summed E-state index contributed by atoms with van der Waals surface area (Å²) in [6.45, 7) is 5.35. The maximum Gasteiger partial charge on any atom is 0.355 e. The number of hydrogen-bond donors (Lipinski definition) is 0. The van der Waals surface area contributed by atoms with Crippen molar-refractivity contribution in [2.24, 2.45) is 7.05 Å². The van der Waals surface area contributed by atoms with Crippen LogP contribution in [0.4, 0.5) is 0 Å². The zero-order valence-corrected chi connectivity index (χ0v) is 16.9. The number of aromatic nitrogens is 1. The number of nitriles is 1. The Kier molecular flexibility index (Phi) is 5.65. The number of carbonyl (C=O) groups is 2. The lowest BCUT2D eigenvalue weighted by Crippen LogP contribution is -2.13. The zero-order chi connectivity index (χ0) is 21.1. The molecule has 0 saturated heterocycles. The lowest BCUT2D eigenvalue weighted by Gasteiger charge is -2.09. The van der Waals surface area contributed by atoms with Gasteiger partial charge in [-0.05, 0) is 36.1 Å². The molecule has 0 aliphatic heterocycles. The number of ether oxygens (including phenoxy) is 1. The molecule has 0 amide bonds. The van der Waals surface area contributed by atoms with E-state index in [1.807, 2.05) is 55.5 Å². The van der Waals surface area contributed by atoms with Gasteiger partial charge in [-0.15, -0.1) is 0 Å². The first-order valence-corrected chi connectivity index (χ1v) is 9.37. The fourth-order valence-corrected chi connectivity index (χ4v) is 3.64. The van der Waals surface area contributed by atoms with Crippen LogP contribution in [0.25, 0.3) is 22.3 Å². The molecule has 1 heterocycles. The van der Waals surface area contributed by atoms with Crippen LogP contribution in [0.3, 0.4) is 0 Å². The van der Waals surface area contributed by atoms with Crippen LogP contribution in [0.5, 0.6) is 0 Å². The van der Waals surface area contributed by atoms with Gasteiger partial charge < -0.3 is 9.30 Å². The minimum Gasteiger partial charge on any atom is -0.461 e. The molecule has 0 atom stereocenters. The molecule has 0 spiro atoms. The number of aryl methyl sites for hydroxylation is 1. The average molecular weight is 386 g/mol. The van der Waals surface area contributed by atoms with E-state index < -0.39 is 5.97 Å². The van der Waals surface area contributed by atoms with Crippen LogP contribution in [0.1, 0.15) is 46.0 Å². The summed E-state index contributed by atoms with van der Waals surface area (Å²) >= 11 is 0. The van der Waals surface area contributed by atoms with Crippen LogP contribution in [0.15, 0.2) is 48.5 Å². The molecule has 5 nitrogen and oxygen atoms in total. The molecule has 0 unspecified atom stereocenters. The number of esters is 1. The molecule has 3 aromatic rings. The summed E-state index contributed by atoms with van der Waals surface area (Å²) in [6.07, 6.45) is 0. The van der Waals surface area contributed by atoms with E-state index in [1.165, 1.54) is 11.5 Å². The molecule has 0 radical (unpaired) electrons. The second-order valence-corrected chi connectivity index (χ2v) is 6.79. The first-order chi connectivity index (χ1) is 13.9. The lowest BCUT2D eigenvalue weighted by molar-refractivity contribution is 0.0516. The number of carbonyl (C=O) groups excluding carboxylic acids is 2.